The van der Waals surface area contributed by atoms with Gasteiger partial charge < -0.3 is 5.11 Å². The number of rotatable bonds is 5. The molecule has 0 amide bonds. The van der Waals surface area contributed by atoms with Gasteiger partial charge in [0.15, 0.2) is 10.6 Å². The highest BCUT2D eigenvalue weighted by atomic mass is 32.2. The zero-order valence-electron chi connectivity index (χ0n) is 11.1. The molecule has 2 rings (SSSR count). The second-order valence-corrected chi connectivity index (χ2v) is 6.44. The normalized spacial score (nSPS) is 11.8. The first-order chi connectivity index (χ1) is 9.58. The van der Waals surface area contributed by atoms with Crippen LogP contribution < -0.4 is 0 Å². The summed E-state index contributed by atoms with van der Waals surface area (Å²) >= 11 is 0. The minimum absolute atomic E-state index is 0.0807. The van der Waals surface area contributed by atoms with Crippen molar-refractivity contribution in [2.75, 3.05) is 12.0 Å². The standard InChI is InChI=1S/C16H14O3S/c1-20(11-15(17)12-6-3-2-4-7-12)14-9-5-8-13(10-14)16(18)19/h2-10H,11H2,1H3/p+1. The Morgan fingerprint density at radius 3 is 2.30 bits per heavy atom. The zero-order chi connectivity index (χ0) is 14.5. The van der Waals surface area contributed by atoms with Crippen molar-refractivity contribution < 1.29 is 14.7 Å². The van der Waals surface area contributed by atoms with Crippen LogP contribution in [0.15, 0.2) is 59.5 Å². The molecule has 0 bridgehead atoms. The SMILES string of the molecule is C[S+](CC(=O)c1ccccc1)c1cccc(C(=O)O)c1. The average molecular weight is 287 g/mol. The maximum Gasteiger partial charge on any atom is 0.335 e. The lowest BCUT2D eigenvalue weighted by Gasteiger charge is -2.04. The van der Waals surface area contributed by atoms with Gasteiger partial charge in [-0.05, 0) is 12.1 Å². The van der Waals surface area contributed by atoms with E-state index in [2.05, 4.69) is 0 Å². The molecule has 3 nitrogen and oxygen atoms in total. The lowest BCUT2D eigenvalue weighted by molar-refractivity contribution is 0.0696. The van der Waals surface area contributed by atoms with E-state index in [1.54, 1.807) is 30.3 Å². The predicted molar refractivity (Wildman–Crippen MR) is 80.6 cm³/mol. The van der Waals surface area contributed by atoms with Gasteiger partial charge >= 0.3 is 5.97 Å². The maximum absolute atomic E-state index is 12.1. The van der Waals surface area contributed by atoms with Crippen molar-refractivity contribution in [3.63, 3.8) is 0 Å². The van der Waals surface area contributed by atoms with Crippen molar-refractivity contribution in [3.8, 4) is 0 Å². The van der Waals surface area contributed by atoms with Gasteiger partial charge in [-0.3, -0.25) is 4.79 Å². The Labute approximate surface area is 120 Å². The van der Waals surface area contributed by atoms with Crippen LogP contribution in [0.2, 0.25) is 0 Å². The number of aromatic carboxylic acids is 1. The summed E-state index contributed by atoms with van der Waals surface area (Å²) in [5.41, 5.74) is 0.954. The summed E-state index contributed by atoms with van der Waals surface area (Å²) in [5.74, 6) is -0.469. The van der Waals surface area contributed by atoms with Gasteiger partial charge in [0.05, 0.1) is 5.56 Å². The van der Waals surface area contributed by atoms with Gasteiger partial charge in [0.2, 0.25) is 5.78 Å². The quantitative estimate of drug-likeness (QED) is 0.679. The lowest BCUT2D eigenvalue weighted by Crippen LogP contribution is -2.16. The molecule has 2 aromatic carbocycles. The third kappa shape index (κ3) is 3.48. The molecule has 0 heterocycles. The van der Waals surface area contributed by atoms with E-state index in [1.807, 2.05) is 30.5 Å². The predicted octanol–water partition coefficient (Wildman–Crippen LogP) is 2.87. The highest BCUT2D eigenvalue weighted by molar-refractivity contribution is 7.96. The summed E-state index contributed by atoms with van der Waals surface area (Å²) < 4.78 is 0. The van der Waals surface area contributed by atoms with E-state index >= 15 is 0 Å². The second kappa shape index (κ2) is 6.39. The monoisotopic (exact) mass is 287 g/mol. The molecule has 1 atom stereocenters. The Bertz CT molecular complexity index is 623. The van der Waals surface area contributed by atoms with Gasteiger partial charge in [0, 0.05) is 22.5 Å². The van der Waals surface area contributed by atoms with Crippen LogP contribution in [0.4, 0.5) is 0 Å². The number of carbonyl (C=O) groups excluding carboxylic acids is 1. The third-order valence-electron chi connectivity index (χ3n) is 2.93. The van der Waals surface area contributed by atoms with Gasteiger partial charge in [-0.15, -0.1) is 0 Å². The Morgan fingerprint density at radius 1 is 1.00 bits per heavy atom. The summed E-state index contributed by atoms with van der Waals surface area (Å²) in [6.07, 6.45) is 1.96. The fourth-order valence-corrected chi connectivity index (χ4v) is 3.20. The summed E-state index contributed by atoms with van der Waals surface area (Å²) in [7, 11) is -0.304. The fraction of sp³-hybridized carbons (Fsp3) is 0.125. The number of benzene rings is 2. The van der Waals surface area contributed by atoms with Gasteiger partial charge in [0.25, 0.3) is 0 Å². The van der Waals surface area contributed by atoms with E-state index in [4.69, 9.17) is 5.11 Å². The molecule has 0 aliphatic heterocycles. The van der Waals surface area contributed by atoms with E-state index in [-0.39, 0.29) is 22.2 Å². The molecule has 102 valence electrons. The first-order valence-corrected chi connectivity index (χ1v) is 7.92. The van der Waals surface area contributed by atoms with Gasteiger partial charge in [-0.2, -0.15) is 0 Å². The molecule has 4 heteroatoms. The molecular formula is C16H15O3S+. The Morgan fingerprint density at radius 2 is 1.65 bits per heavy atom. The molecule has 1 N–H and O–H groups in total. The van der Waals surface area contributed by atoms with Crippen LogP contribution >= 0.6 is 0 Å². The third-order valence-corrected chi connectivity index (χ3v) is 4.68. The van der Waals surface area contributed by atoms with Crippen LogP contribution in [-0.4, -0.2) is 28.9 Å². The van der Waals surface area contributed by atoms with Crippen molar-refractivity contribution in [1.29, 1.82) is 0 Å². The molecule has 0 aliphatic rings. The average Bonchev–Trinajstić information content (AvgIpc) is 2.48. The summed E-state index contributed by atoms with van der Waals surface area (Å²) in [4.78, 5) is 24.0. The van der Waals surface area contributed by atoms with Crippen LogP contribution in [0.1, 0.15) is 20.7 Å². The molecule has 0 saturated carbocycles. The van der Waals surface area contributed by atoms with Crippen LogP contribution in [0, 0.1) is 0 Å². The summed E-state index contributed by atoms with van der Waals surface area (Å²) in [5, 5.41) is 8.99. The second-order valence-electron chi connectivity index (χ2n) is 4.40. The minimum atomic E-state index is -0.946. The Hall–Kier alpha value is -2.07. The number of Topliss-reactive ketones (excluding diaryl/α,β-unsaturated/α-hetero) is 1. The van der Waals surface area contributed by atoms with Crippen LogP contribution in [0.25, 0.3) is 0 Å². The minimum Gasteiger partial charge on any atom is -0.478 e. The van der Waals surface area contributed by atoms with E-state index in [9.17, 15) is 9.59 Å². The number of hydrogen-bond donors (Lipinski definition) is 1. The summed E-state index contributed by atoms with van der Waals surface area (Å²) in [6.45, 7) is 0. The lowest BCUT2D eigenvalue weighted by atomic mass is 10.2. The van der Waals surface area contributed by atoms with Crippen molar-refractivity contribution in [2.24, 2.45) is 0 Å². The molecule has 1 unspecified atom stereocenters. The van der Waals surface area contributed by atoms with E-state index in [0.29, 0.717) is 11.3 Å². The first kappa shape index (κ1) is 14.3. The topological polar surface area (TPSA) is 54.4 Å². The molecule has 0 aromatic heterocycles. The number of ketones is 1. The molecule has 20 heavy (non-hydrogen) atoms. The molecule has 0 spiro atoms. The smallest absolute Gasteiger partial charge is 0.335 e. The fourth-order valence-electron chi connectivity index (χ4n) is 1.83. The van der Waals surface area contributed by atoms with E-state index < -0.39 is 5.97 Å². The van der Waals surface area contributed by atoms with Gasteiger partial charge in [-0.1, -0.05) is 36.4 Å². The molecule has 0 saturated heterocycles. The maximum atomic E-state index is 12.1. The van der Waals surface area contributed by atoms with Crippen LogP contribution in [-0.2, 0) is 10.9 Å². The number of hydrogen-bond acceptors (Lipinski definition) is 2. The molecular weight excluding hydrogens is 272 g/mol. The van der Waals surface area contributed by atoms with E-state index in [0.717, 1.165) is 4.90 Å². The molecule has 0 fully saturated rings. The molecule has 0 radical (unpaired) electrons. The number of carboxylic acid groups (broad SMARTS) is 1. The Balaban J connectivity index is 2.12. The van der Waals surface area contributed by atoms with Crippen molar-refractivity contribution in [3.05, 3.63) is 65.7 Å². The van der Waals surface area contributed by atoms with Crippen molar-refractivity contribution in [1.82, 2.24) is 0 Å². The van der Waals surface area contributed by atoms with Crippen molar-refractivity contribution >= 4 is 22.6 Å². The number of carbonyl (C=O) groups is 2. The van der Waals surface area contributed by atoms with Crippen LogP contribution in [0.3, 0.4) is 0 Å². The highest BCUT2D eigenvalue weighted by Gasteiger charge is 2.22. The summed E-state index contributed by atoms with van der Waals surface area (Å²) in [6, 6.07) is 15.9. The zero-order valence-corrected chi connectivity index (χ0v) is 11.9. The van der Waals surface area contributed by atoms with Crippen LogP contribution in [0.5, 0.6) is 0 Å². The largest absolute Gasteiger partial charge is 0.478 e. The van der Waals surface area contributed by atoms with E-state index in [1.165, 1.54) is 0 Å². The highest BCUT2D eigenvalue weighted by Crippen LogP contribution is 2.15. The van der Waals surface area contributed by atoms with Gasteiger partial charge in [-0.25, -0.2) is 4.79 Å². The van der Waals surface area contributed by atoms with Crippen molar-refractivity contribution in [2.45, 2.75) is 4.90 Å². The molecule has 2 aromatic rings. The number of carboxylic acids is 1. The molecule has 0 aliphatic carbocycles. The first-order valence-electron chi connectivity index (χ1n) is 6.12. The Kier molecular flexibility index (Phi) is 4.58. The van der Waals surface area contributed by atoms with Gasteiger partial charge in [0.1, 0.15) is 6.26 Å².